The predicted molar refractivity (Wildman–Crippen MR) is 83.0 cm³/mol. The van der Waals surface area contributed by atoms with E-state index in [1.54, 1.807) is 6.33 Å². The zero-order valence-electron chi connectivity index (χ0n) is 11.2. The largest absolute Gasteiger partial charge is 0.368 e. The molecule has 0 spiro atoms. The van der Waals surface area contributed by atoms with Crippen LogP contribution in [0.25, 0.3) is 0 Å². The number of anilines is 3. The lowest BCUT2D eigenvalue weighted by molar-refractivity contribution is 0.886. The summed E-state index contributed by atoms with van der Waals surface area (Å²) in [5.74, 6) is 1.60. The number of hydrogen-bond donors (Lipinski definition) is 2. The molecule has 19 heavy (non-hydrogen) atoms. The molecule has 0 amide bonds. The van der Waals surface area contributed by atoms with Gasteiger partial charge in [0.15, 0.2) is 0 Å². The summed E-state index contributed by atoms with van der Waals surface area (Å²) in [6, 6.07) is 8.35. The van der Waals surface area contributed by atoms with Gasteiger partial charge >= 0.3 is 0 Å². The summed E-state index contributed by atoms with van der Waals surface area (Å²) in [6.07, 6.45) is 1.55. The van der Waals surface area contributed by atoms with Crippen LogP contribution in [0.5, 0.6) is 0 Å². The van der Waals surface area contributed by atoms with Crippen molar-refractivity contribution in [3.05, 3.63) is 40.6 Å². The molecule has 0 atom stereocenters. The van der Waals surface area contributed by atoms with Crippen LogP contribution < -0.4 is 10.6 Å². The molecular formula is C14H17BrN4. The Morgan fingerprint density at radius 2 is 1.84 bits per heavy atom. The van der Waals surface area contributed by atoms with E-state index in [2.05, 4.69) is 63.4 Å². The Morgan fingerprint density at radius 3 is 2.53 bits per heavy atom. The number of halogens is 1. The number of benzene rings is 1. The van der Waals surface area contributed by atoms with Crippen LogP contribution in [0.2, 0.25) is 0 Å². The van der Waals surface area contributed by atoms with Gasteiger partial charge in [0.2, 0.25) is 0 Å². The molecule has 1 heterocycles. The summed E-state index contributed by atoms with van der Waals surface area (Å²) >= 11 is 3.49. The lowest BCUT2D eigenvalue weighted by Gasteiger charge is -2.11. The first-order valence-electron chi connectivity index (χ1n) is 6.16. The highest BCUT2D eigenvalue weighted by atomic mass is 79.9. The van der Waals surface area contributed by atoms with Crippen LogP contribution in [-0.2, 0) is 0 Å². The van der Waals surface area contributed by atoms with Crippen LogP contribution >= 0.6 is 15.9 Å². The van der Waals surface area contributed by atoms with Crippen molar-refractivity contribution in [3.8, 4) is 0 Å². The Balaban J connectivity index is 2.16. The average molecular weight is 321 g/mol. The molecule has 0 bridgehead atoms. The van der Waals surface area contributed by atoms with Gasteiger partial charge in [-0.2, -0.15) is 0 Å². The van der Waals surface area contributed by atoms with Crippen molar-refractivity contribution in [2.24, 2.45) is 0 Å². The predicted octanol–water partition coefficient (Wildman–Crippen LogP) is 4.11. The third kappa shape index (κ3) is 3.92. The molecular weight excluding hydrogens is 304 g/mol. The van der Waals surface area contributed by atoms with Gasteiger partial charge in [-0.3, -0.25) is 0 Å². The average Bonchev–Trinajstić information content (AvgIpc) is 2.33. The maximum absolute atomic E-state index is 4.22. The lowest BCUT2D eigenvalue weighted by Crippen LogP contribution is -2.11. The Bertz CT molecular complexity index is 569. The fourth-order valence-electron chi connectivity index (χ4n) is 1.67. The van der Waals surface area contributed by atoms with E-state index in [0.717, 1.165) is 21.8 Å². The van der Waals surface area contributed by atoms with E-state index >= 15 is 0 Å². The van der Waals surface area contributed by atoms with E-state index in [9.17, 15) is 0 Å². The first-order valence-corrected chi connectivity index (χ1v) is 6.95. The summed E-state index contributed by atoms with van der Waals surface area (Å²) in [4.78, 5) is 8.40. The Morgan fingerprint density at radius 1 is 1.11 bits per heavy atom. The van der Waals surface area contributed by atoms with Crippen molar-refractivity contribution >= 4 is 33.3 Å². The molecule has 2 rings (SSSR count). The van der Waals surface area contributed by atoms with E-state index in [1.165, 1.54) is 5.56 Å². The molecule has 1 aromatic carbocycles. The van der Waals surface area contributed by atoms with Crippen LogP contribution in [-0.4, -0.2) is 16.0 Å². The molecule has 0 radical (unpaired) electrons. The summed E-state index contributed by atoms with van der Waals surface area (Å²) in [7, 11) is 0. The van der Waals surface area contributed by atoms with Crippen LogP contribution in [0.4, 0.5) is 17.3 Å². The van der Waals surface area contributed by atoms with Gasteiger partial charge in [0.1, 0.15) is 18.0 Å². The Labute approximate surface area is 121 Å². The van der Waals surface area contributed by atoms with Crippen molar-refractivity contribution in [1.82, 2.24) is 9.97 Å². The summed E-state index contributed by atoms with van der Waals surface area (Å²) in [6.45, 7) is 6.21. The Hall–Kier alpha value is -1.62. The number of aryl methyl sites for hydroxylation is 1. The van der Waals surface area contributed by atoms with E-state index < -0.39 is 0 Å². The van der Waals surface area contributed by atoms with Gasteiger partial charge < -0.3 is 10.6 Å². The topological polar surface area (TPSA) is 49.8 Å². The summed E-state index contributed by atoms with van der Waals surface area (Å²) < 4.78 is 1.10. The van der Waals surface area contributed by atoms with Crippen LogP contribution in [0.1, 0.15) is 19.4 Å². The molecule has 0 aliphatic rings. The molecule has 4 nitrogen and oxygen atoms in total. The number of aromatic nitrogens is 2. The number of rotatable bonds is 4. The highest BCUT2D eigenvalue weighted by molar-refractivity contribution is 9.10. The molecule has 100 valence electrons. The van der Waals surface area contributed by atoms with Gasteiger partial charge in [-0.25, -0.2) is 9.97 Å². The molecule has 0 aliphatic heterocycles. The van der Waals surface area contributed by atoms with Crippen LogP contribution in [0.3, 0.4) is 0 Å². The molecule has 2 N–H and O–H groups in total. The van der Waals surface area contributed by atoms with Crippen molar-refractivity contribution in [3.63, 3.8) is 0 Å². The number of hydrogen-bond acceptors (Lipinski definition) is 4. The van der Waals surface area contributed by atoms with Gasteiger partial charge in [0.25, 0.3) is 0 Å². The van der Waals surface area contributed by atoms with Gasteiger partial charge in [-0.05, 0) is 44.5 Å². The minimum atomic E-state index is 0.345. The second kappa shape index (κ2) is 6.02. The van der Waals surface area contributed by atoms with Crippen molar-refractivity contribution in [2.45, 2.75) is 26.8 Å². The fraction of sp³-hybridized carbons (Fsp3) is 0.286. The summed E-state index contributed by atoms with van der Waals surface area (Å²) in [5, 5.41) is 6.53. The molecule has 1 aromatic heterocycles. The van der Waals surface area contributed by atoms with Crippen molar-refractivity contribution in [1.29, 1.82) is 0 Å². The summed E-state index contributed by atoms with van der Waals surface area (Å²) in [5.41, 5.74) is 2.19. The zero-order valence-corrected chi connectivity index (χ0v) is 12.8. The van der Waals surface area contributed by atoms with Gasteiger partial charge in [-0.15, -0.1) is 0 Å². The molecule has 0 saturated heterocycles. The smallest absolute Gasteiger partial charge is 0.135 e. The van der Waals surface area contributed by atoms with E-state index in [1.807, 2.05) is 18.2 Å². The standard InChI is InChI=1S/C14H17BrN4/c1-9(2)18-13-7-14(17-8-16-13)19-11-4-5-12(15)10(3)6-11/h4-9H,1-3H3,(H2,16,17,18,19). The number of nitrogens with one attached hydrogen (secondary N) is 2. The van der Waals surface area contributed by atoms with Crippen LogP contribution in [0.15, 0.2) is 35.1 Å². The van der Waals surface area contributed by atoms with E-state index in [-0.39, 0.29) is 0 Å². The quantitative estimate of drug-likeness (QED) is 0.890. The SMILES string of the molecule is Cc1cc(Nc2cc(NC(C)C)ncn2)ccc1Br. The number of nitrogens with zero attached hydrogens (tertiary/aromatic N) is 2. The maximum atomic E-state index is 4.22. The minimum Gasteiger partial charge on any atom is -0.368 e. The molecule has 0 unspecified atom stereocenters. The Kier molecular flexibility index (Phi) is 4.37. The maximum Gasteiger partial charge on any atom is 0.135 e. The zero-order chi connectivity index (χ0) is 13.8. The highest BCUT2D eigenvalue weighted by Gasteiger charge is 2.02. The molecule has 2 aromatic rings. The van der Waals surface area contributed by atoms with E-state index in [0.29, 0.717) is 6.04 Å². The van der Waals surface area contributed by atoms with Crippen LogP contribution in [0, 0.1) is 6.92 Å². The lowest BCUT2D eigenvalue weighted by atomic mass is 10.2. The fourth-order valence-corrected chi connectivity index (χ4v) is 1.92. The first kappa shape index (κ1) is 13.8. The monoisotopic (exact) mass is 320 g/mol. The van der Waals surface area contributed by atoms with Gasteiger partial charge in [0.05, 0.1) is 0 Å². The van der Waals surface area contributed by atoms with Crippen molar-refractivity contribution < 1.29 is 0 Å². The second-order valence-electron chi connectivity index (χ2n) is 4.68. The molecule has 0 saturated carbocycles. The molecule has 0 fully saturated rings. The normalized spacial score (nSPS) is 10.6. The third-order valence-corrected chi connectivity index (χ3v) is 3.42. The molecule has 0 aliphatic carbocycles. The second-order valence-corrected chi connectivity index (χ2v) is 5.53. The third-order valence-electron chi connectivity index (χ3n) is 2.53. The van der Waals surface area contributed by atoms with Gasteiger partial charge in [0, 0.05) is 22.3 Å². The first-order chi connectivity index (χ1) is 9.04. The minimum absolute atomic E-state index is 0.345. The van der Waals surface area contributed by atoms with Gasteiger partial charge in [-0.1, -0.05) is 15.9 Å². The van der Waals surface area contributed by atoms with E-state index in [4.69, 9.17) is 0 Å². The van der Waals surface area contributed by atoms with Crippen molar-refractivity contribution in [2.75, 3.05) is 10.6 Å². The highest BCUT2D eigenvalue weighted by Crippen LogP contribution is 2.22. The molecule has 5 heteroatoms.